The zero-order valence-corrected chi connectivity index (χ0v) is 4.24. The molecule has 0 amide bonds. The van der Waals surface area contributed by atoms with E-state index < -0.39 is 10.4 Å². The molecule has 0 saturated heterocycles. The van der Waals surface area contributed by atoms with E-state index in [1.165, 1.54) is 0 Å². The minimum Gasteiger partial charge on any atom is -0.250 e. The standard InChI is InChI=1S/CH3FO4S/c1-5-7(3,4)6-2/h1H3. The number of rotatable bonds is 2. The maximum Gasteiger partial charge on any atom is 0.430 e. The van der Waals surface area contributed by atoms with Crippen LogP contribution in [0.2, 0.25) is 0 Å². The van der Waals surface area contributed by atoms with Gasteiger partial charge < -0.3 is 0 Å². The lowest BCUT2D eigenvalue weighted by Gasteiger charge is -1.86. The first-order valence-electron chi connectivity index (χ1n) is 1.23. The Morgan fingerprint density at radius 2 is 2.00 bits per heavy atom. The fourth-order valence-electron chi connectivity index (χ4n) is 0.0257. The van der Waals surface area contributed by atoms with E-state index >= 15 is 0 Å². The SMILES string of the molecule is COS(=O)(=O)OF. The second kappa shape index (κ2) is 2.20. The average Bonchev–Trinajstić information content (AvgIpc) is 1.68. The summed E-state index contributed by atoms with van der Waals surface area (Å²) < 4.78 is 35.5. The van der Waals surface area contributed by atoms with Gasteiger partial charge >= 0.3 is 10.4 Å². The van der Waals surface area contributed by atoms with Gasteiger partial charge in [0, 0.05) is 0 Å². The molecule has 0 N–H and O–H groups in total. The molecule has 0 aromatic rings. The molecule has 0 saturated carbocycles. The Morgan fingerprint density at radius 1 is 1.57 bits per heavy atom. The van der Waals surface area contributed by atoms with E-state index in [-0.39, 0.29) is 0 Å². The van der Waals surface area contributed by atoms with E-state index in [4.69, 9.17) is 0 Å². The van der Waals surface area contributed by atoms with Crippen molar-refractivity contribution < 1.29 is 21.5 Å². The lowest BCUT2D eigenvalue weighted by Crippen LogP contribution is -1.99. The summed E-state index contributed by atoms with van der Waals surface area (Å²) in [6, 6.07) is 0. The largest absolute Gasteiger partial charge is 0.430 e. The molecule has 44 valence electrons. The van der Waals surface area contributed by atoms with Crippen LogP contribution in [0, 0.1) is 0 Å². The van der Waals surface area contributed by atoms with Crippen LogP contribution in [0.15, 0.2) is 0 Å². The van der Waals surface area contributed by atoms with Crippen molar-refractivity contribution in [3.63, 3.8) is 0 Å². The molecule has 0 aromatic carbocycles. The second-order valence-corrected chi connectivity index (χ2v) is 1.91. The van der Waals surface area contributed by atoms with E-state index in [1.807, 2.05) is 0 Å². The first kappa shape index (κ1) is 6.80. The van der Waals surface area contributed by atoms with Crippen LogP contribution in [0.4, 0.5) is 4.53 Å². The third-order valence-corrected chi connectivity index (χ3v) is 0.844. The van der Waals surface area contributed by atoms with Gasteiger partial charge in [-0.2, -0.15) is 8.42 Å². The average molecular weight is 130 g/mol. The van der Waals surface area contributed by atoms with Crippen LogP contribution < -0.4 is 0 Å². The summed E-state index contributed by atoms with van der Waals surface area (Å²) in [6.07, 6.45) is 0. The van der Waals surface area contributed by atoms with Crippen LogP contribution in [0.5, 0.6) is 0 Å². The fraction of sp³-hybridized carbons (Fsp3) is 1.00. The van der Waals surface area contributed by atoms with Crippen molar-refractivity contribution in [2.75, 3.05) is 7.11 Å². The van der Waals surface area contributed by atoms with Crippen LogP contribution >= 0.6 is 0 Å². The van der Waals surface area contributed by atoms with Crippen LogP contribution in [0.25, 0.3) is 0 Å². The number of hydrogen-bond acceptors (Lipinski definition) is 4. The molecule has 0 atom stereocenters. The summed E-state index contributed by atoms with van der Waals surface area (Å²) in [7, 11) is -3.54. The monoisotopic (exact) mass is 130 g/mol. The molecule has 0 radical (unpaired) electrons. The van der Waals surface area contributed by atoms with Gasteiger partial charge in [-0.05, 0) is 8.91 Å². The van der Waals surface area contributed by atoms with E-state index in [2.05, 4.69) is 8.57 Å². The summed E-state index contributed by atoms with van der Waals surface area (Å²) in [5.74, 6) is 0. The Balaban J connectivity index is 3.89. The lowest BCUT2D eigenvalue weighted by molar-refractivity contribution is -0.0148. The number of hydrogen-bond donors (Lipinski definition) is 0. The van der Waals surface area contributed by atoms with Gasteiger partial charge in [-0.25, -0.2) is 4.18 Å². The molecule has 0 rings (SSSR count). The summed E-state index contributed by atoms with van der Waals surface area (Å²) in [6.45, 7) is 0. The smallest absolute Gasteiger partial charge is 0.250 e. The Labute approximate surface area is 40.1 Å². The summed E-state index contributed by atoms with van der Waals surface area (Å²) >= 11 is 0. The molecule has 0 bridgehead atoms. The minimum atomic E-state index is -4.32. The molecule has 0 aliphatic rings. The highest BCUT2D eigenvalue weighted by Gasteiger charge is 2.06. The Bertz CT molecular complexity index is 115. The zero-order chi connectivity index (χ0) is 5.91. The van der Waals surface area contributed by atoms with Crippen molar-refractivity contribution in [2.24, 2.45) is 0 Å². The molecule has 0 aliphatic carbocycles. The third kappa shape index (κ3) is 2.49. The van der Waals surface area contributed by atoms with Crippen LogP contribution in [0.3, 0.4) is 0 Å². The summed E-state index contributed by atoms with van der Waals surface area (Å²) in [5, 5.41) is 0. The second-order valence-electron chi connectivity index (χ2n) is 0.638. The van der Waals surface area contributed by atoms with E-state index in [1.54, 1.807) is 0 Å². The first-order chi connectivity index (χ1) is 3.12. The van der Waals surface area contributed by atoms with E-state index in [9.17, 15) is 12.9 Å². The van der Waals surface area contributed by atoms with Crippen molar-refractivity contribution in [1.29, 1.82) is 0 Å². The Hall–Kier alpha value is -0.200. The maximum atomic E-state index is 10.6. The van der Waals surface area contributed by atoms with Gasteiger partial charge in [-0.15, -0.1) is 0 Å². The zero-order valence-electron chi connectivity index (χ0n) is 3.42. The van der Waals surface area contributed by atoms with Crippen LogP contribution in [-0.2, 0) is 19.0 Å². The molecule has 6 heteroatoms. The van der Waals surface area contributed by atoms with Gasteiger partial charge in [-0.3, -0.25) is 0 Å². The van der Waals surface area contributed by atoms with Crippen molar-refractivity contribution in [3.8, 4) is 0 Å². The summed E-state index contributed by atoms with van der Waals surface area (Å²) in [5.41, 5.74) is 0. The molecule has 0 aromatic heterocycles. The highest BCUT2D eigenvalue weighted by atomic mass is 32.3. The van der Waals surface area contributed by atoms with Gasteiger partial charge in [0.15, 0.2) is 0 Å². The highest BCUT2D eigenvalue weighted by molar-refractivity contribution is 7.81. The topological polar surface area (TPSA) is 52.6 Å². The molecule has 4 nitrogen and oxygen atoms in total. The third-order valence-electron chi connectivity index (χ3n) is 0.281. The van der Waals surface area contributed by atoms with Crippen LogP contribution in [-0.4, -0.2) is 15.5 Å². The van der Waals surface area contributed by atoms with Crippen LogP contribution in [0.1, 0.15) is 0 Å². The Kier molecular flexibility index (Phi) is 2.13. The molecule has 0 aliphatic heterocycles. The molecule has 0 unspecified atom stereocenters. The van der Waals surface area contributed by atoms with Crippen molar-refractivity contribution >= 4 is 10.4 Å². The van der Waals surface area contributed by atoms with Gasteiger partial charge in [0.1, 0.15) is 0 Å². The molecular formula is CH3FO4S. The molecule has 0 spiro atoms. The fourth-order valence-corrected chi connectivity index (χ4v) is 0.0772. The highest BCUT2D eigenvalue weighted by Crippen LogP contribution is 1.90. The predicted molar refractivity (Wildman–Crippen MR) is 18.1 cm³/mol. The lowest BCUT2D eigenvalue weighted by atomic mass is 11.8. The quantitative estimate of drug-likeness (QED) is 0.518. The van der Waals surface area contributed by atoms with E-state index in [0.29, 0.717) is 0 Å². The van der Waals surface area contributed by atoms with Crippen molar-refractivity contribution in [1.82, 2.24) is 0 Å². The minimum absolute atomic E-state index is 0.787. The van der Waals surface area contributed by atoms with Gasteiger partial charge in [0.2, 0.25) is 0 Å². The summed E-state index contributed by atoms with van der Waals surface area (Å²) in [4.78, 5) is 0. The maximum absolute atomic E-state index is 10.6. The number of halogens is 1. The molecule has 0 heterocycles. The first-order valence-corrected chi connectivity index (χ1v) is 2.56. The predicted octanol–water partition coefficient (Wildman–Crippen LogP) is -0.221. The van der Waals surface area contributed by atoms with Crippen molar-refractivity contribution in [2.45, 2.75) is 0 Å². The van der Waals surface area contributed by atoms with E-state index in [0.717, 1.165) is 7.11 Å². The molecule has 7 heavy (non-hydrogen) atoms. The molecular weight excluding hydrogens is 127 g/mol. The Morgan fingerprint density at radius 3 is 2.00 bits per heavy atom. The van der Waals surface area contributed by atoms with Gasteiger partial charge in [0.05, 0.1) is 7.11 Å². The normalized spacial score (nSPS) is 11.7. The molecule has 0 fully saturated rings. The van der Waals surface area contributed by atoms with Gasteiger partial charge in [-0.1, -0.05) is 0 Å². The van der Waals surface area contributed by atoms with Gasteiger partial charge in [0.25, 0.3) is 0 Å². The van der Waals surface area contributed by atoms with Crippen molar-refractivity contribution in [3.05, 3.63) is 0 Å².